The molecule has 0 amide bonds. The molecule has 0 fully saturated rings. The Morgan fingerprint density at radius 1 is 1.03 bits per heavy atom. The molecule has 4 aromatic rings. The summed E-state index contributed by atoms with van der Waals surface area (Å²) in [6.07, 6.45) is 1.73. The third-order valence-electron chi connectivity index (χ3n) is 6.11. The summed E-state index contributed by atoms with van der Waals surface area (Å²) >= 11 is 0. The molecule has 2 heterocycles. The van der Waals surface area contributed by atoms with Gasteiger partial charge in [-0.05, 0) is 47.9 Å². The van der Waals surface area contributed by atoms with Crippen molar-refractivity contribution in [2.45, 2.75) is 19.0 Å². The van der Waals surface area contributed by atoms with Crippen LogP contribution in [-0.4, -0.2) is 17.4 Å². The Morgan fingerprint density at radius 2 is 1.81 bits per heavy atom. The maximum atomic E-state index is 13.9. The first kappa shape index (κ1) is 19.3. The van der Waals surface area contributed by atoms with Crippen molar-refractivity contribution in [1.29, 1.82) is 0 Å². The highest BCUT2D eigenvalue weighted by Crippen LogP contribution is 2.42. The van der Waals surface area contributed by atoms with Gasteiger partial charge in [0.1, 0.15) is 12.1 Å². The molecule has 1 aliphatic heterocycles. The maximum Gasteiger partial charge on any atom is 0.147 e. The zero-order chi connectivity index (χ0) is 21.4. The number of anilines is 1. The van der Waals surface area contributed by atoms with Crippen molar-refractivity contribution in [2.75, 3.05) is 11.4 Å². The van der Waals surface area contributed by atoms with E-state index in [9.17, 15) is 9.18 Å². The molecular formula is C27H23FN2O. The molecule has 0 spiro atoms. The van der Waals surface area contributed by atoms with Crippen LogP contribution < -0.4 is 4.90 Å². The summed E-state index contributed by atoms with van der Waals surface area (Å²) in [6.45, 7) is 5.44. The van der Waals surface area contributed by atoms with Gasteiger partial charge in [0.05, 0.1) is 6.04 Å². The van der Waals surface area contributed by atoms with Crippen LogP contribution in [0.25, 0.3) is 10.9 Å². The van der Waals surface area contributed by atoms with Gasteiger partial charge in [0.2, 0.25) is 0 Å². The molecule has 1 aliphatic rings. The number of nitrogens with zero attached hydrogens (tertiary/aromatic N) is 2. The molecule has 0 saturated heterocycles. The lowest BCUT2D eigenvalue weighted by Gasteiger charge is -2.39. The van der Waals surface area contributed by atoms with Crippen molar-refractivity contribution < 1.29 is 9.18 Å². The number of benzene rings is 3. The molecule has 0 bridgehead atoms. The van der Waals surface area contributed by atoms with Crippen molar-refractivity contribution in [1.82, 2.24) is 4.57 Å². The van der Waals surface area contributed by atoms with Gasteiger partial charge in [-0.15, -0.1) is 0 Å². The zero-order valence-corrected chi connectivity index (χ0v) is 17.2. The van der Waals surface area contributed by atoms with Gasteiger partial charge in [-0.3, -0.25) is 4.79 Å². The second kappa shape index (κ2) is 7.88. The highest BCUT2D eigenvalue weighted by Gasteiger charge is 2.34. The van der Waals surface area contributed by atoms with Gasteiger partial charge in [0.15, 0.2) is 0 Å². The number of halogens is 1. The topological polar surface area (TPSA) is 25.2 Å². The van der Waals surface area contributed by atoms with Crippen molar-refractivity contribution in [3.8, 4) is 0 Å². The number of aldehydes is 1. The van der Waals surface area contributed by atoms with Gasteiger partial charge in [0.25, 0.3) is 0 Å². The van der Waals surface area contributed by atoms with Gasteiger partial charge in [-0.2, -0.15) is 0 Å². The van der Waals surface area contributed by atoms with E-state index in [0.717, 1.165) is 41.7 Å². The minimum atomic E-state index is -0.274. The van der Waals surface area contributed by atoms with Crippen LogP contribution >= 0.6 is 0 Å². The lowest BCUT2D eigenvalue weighted by Crippen LogP contribution is -2.38. The lowest BCUT2D eigenvalue weighted by molar-refractivity contribution is -0.105. The molecule has 1 aromatic heterocycles. The molecule has 3 nitrogen and oxygen atoms in total. The van der Waals surface area contributed by atoms with Crippen molar-refractivity contribution in [3.05, 3.63) is 114 Å². The van der Waals surface area contributed by atoms with E-state index < -0.39 is 0 Å². The van der Waals surface area contributed by atoms with E-state index in [2.05, 4.69) is 40.3 Å². The molecule has 1 atom stereocenters. The van der Waals surface area contributed by atoms with Crippen LogP contribution in [0.1, 0.15) is 22.9 Å². The summed E-state index contributed by atoms with van der Waals surface area (Å²) in [5.41, 5.74) is 5.87. The van der Waals surface area contributed by atoms with Gasteiger partial charge in [-0.1, -0.05) is 55.1 Å². The van der Waals surface area contributed by atoms with Gasteiger partial charge in [0, 0.05) is 40.9 Å². The first-order valence-corrected chi connectivity index (χ1v) is 10.5. The molecule has 154 valence electrons. The number of rotatable bonds is 5. The minimum absolute atomic E-state index is 0.248. The highest BCUT2D eigenvalue weighted by molar-refractivity contribution is 5.88. The molecule has 3 aromatic carbocycles. The van der Waals surface area contributed by atoms with Gasteiger partial charge < -0.3 is 9.47 Å². The molecule has 0 saturated carbocycles. The molecule has 0 unspecified atom stereocenters. The van der Waals surface area contributed by atoms with Crippen LogP contribution in [0.3, 0.4) is 0 Å². The number of para-hydroxylation sites is 2. The summed E-state index contributed by atoms with van der Waals surface area (Å²) in [4.78, 5) is 14.2. The first-order valence-electron chi connectivity index (χ1n) is 10.5. The fraction of sp³-hybridized carbons (Fsp3) is 0.148. The van der Waals surface area contributed by atoms with Gasteiger partial charge in [-0.25, -0.2) is 4.39 Å². The summed E-state index contributed by atoms with van der Waals surface area (Å²) in [6, 6.07) is 24.9. The molecule has 31 heavy (non-hydrogen) atoms. The molecule has 0 radical (unpaired) electrons. The number of hydrogen-bond donors (Lipinski definition) is 0. The number of carbonyl (C=O) groups is 1. The molecule has 4 heteroatoms. The van der Waals surface area contributed by atoms with Crippen LogP contribution in [0, 0.1) is 5.82 Å². The summed E-state index contributed by atoms with van der Waals surface area (Å²) < 4.78 is 16.1. The smallest absolute Gasteiger partial charge is 0.147 e. The van der Waals surface area contributed by atoms with E-state index in [4.69, 9.17) is 0 Å². The van der Waals surface area contributed by atoms with E-state index >= 15 is 0 Å². The third-order valence-corrected chi connectivity index (χ3v) is 6.11. The van der Waals surface area contributed by atoms with E-state index in [1.165, 1.54) is 17.0 Å². The van der Waals surface area contributed by atoms with Crippen molar-refractivity contribution >= 4 is 22.9 Å². The number of fused-ring (bicyclic) bond motifs is 3. The van der Waals surface area contributed by atoms with Crippen molar-refractivity contribution in [2.24, 2.45) is 0 Å². The van der Waals surface area contributed by atoms with Gasteiger partial charge >= 0.3 is 0 Å². The quantitative estimate of drug-likeness (QED) is 0.312. The summed E-state index contributed by atoms with van der Waals surface area (Å²) in [5.74, 6) is -0.248. The Labute approximate surface area is 181 Å². The van der Waals surface area contributed by atoms with Crippen LogP contribution in [0.4, 0.5) is 10.1 Å². The second-order valence-electron chi connectivity index (χ2n) is 7.97. The second-order valence-corrected chi connectivity index (χ2v) is 7.97. The zero-order valence-electron chi connectivity index (χ0n) is 17.2. The fourth-order valence-electron chi connectivity index (χ4n) is 4.81. The van der Waals surface area contributed by atoms with E-state index in [-0.39, 0.29) is 11.9 Å². The Kier molecular flexibility index (Phi) is 4.91. The highest BCUT2D eigenvalue weighted by atomic mass is 19.1. The SMILES string of the molecule is C=C(C=O)[C@@H]1c2c(c3ccccc3n2Cc2cccc(F)c2)CCN1c1ccccc1. The Bertz CT molecular complexity index is 1280. The largest absolute Gasteiger partial charge is 0.358 e. The van der Waals surface area contributed by atoms with Crippen LogP contribution in [0.2, 0.25) is 0 Å². The lowest BCUT2D eigenvalue weighted by atomic mass is 9.92. The number of carbonyl (C=O) groups excluding carboxylic acids is 1. The third kappa shape index (κ3) is 3.34. The number of hydrogen-bond acceptors (Lipinski definition) is 2. The average molecular weight is 410 g/mol. The molecule has 5 rings (SSSR count). The number of aromatic nitrogens is 1. The van der Waals surface area contributed by atoms with E-state index in [1.807, 2.05) is 36.4 Å². The summed E-state index contributed by atoms with van der Waals surface area (Å²) in [7, 11) is 0. The first-order chi connectivity index (χ1) is 15.2. The normalized spacial score (nSPS) is 15.6. The Morgan fingerprint density at radius 3 is 2.58 bits per heavy atom. The van der Waals surface area contributed by atoms with E-state index in [1.54, 1.807) is 12.1 Å². The Hall–Kier alpha value is -3.66. The standard InChI is InChI=1S/C27H23FN2O/c1-19(18-31)26-27-24(14-15-29(26)22-10-3-2-4-11-22)23-12-5-6-13-25(23)30(27)17-20-8-7-9-21(28)16-20/h2-13,16,18,26H,1,14-15,17H2/t26-/m1/s1. The monoisotopic (exact) mass is 410 g/mol. The molecule has 0 N–H and O–H groups in total. The van der Waals surface area contributed by atoms with E-state index in [0.29, 0.717) is 12.1 Å². The van der Waals surface area contributed by atoms with Crippen LogP contribution in [0.15, 0.2) is 91.0 Å². The average Bonchev–Trinajstić information content (AvgIpc) is 3.12. The fourth-order valence-corrected chi connectivity index (χ4v) is 4.81. The summed E-state index contributed by atoms with van der Waals surface area (Å²) in [5, 5.41) is 1.19. The predicted octanol–water partition coefficient (Wildman–Crippen LogP) is 5.69. The van der Waals surface area contributed by atoms with Crippen LogP contribution in [-0.2, 0) is 17.8 Å². The van der Waals surface area contributed by atoms with Crippen molar-refractivity contribution in [3.63, 3.8) is 0 Å². The minimum Gasteiger partial charge on any atom is -0.358 e. The predicted molar refractivity (Wildman–Crippen MR) is 123 cm³/mol. The molecular weight excluding hydrogens is 387 g/mol. The molecule has 0 aliphatic carbocycles. The Balaban J connectivity index is 1.73. The maximum absolute atomic E-state index is 13.9. The van der Waals surface area contributed by atoms with Crippen LogP contribution in [0.5, 0.6) is 0 Å².